The number of furan rings is 1. The van der Waals surface area contributed by atoms with Crippen LogP contribution in [0.5, 0.6) is 0 Å². The number of fused-ring (bicyclic) bond motifs is 2. The molecule has 8 nitrogen and oxygen atoms in total. The molecule has 0 unspecified atom stereocenters. The molecule has 0 saturated carbocycles. The van der Waals surface area contributed by atoms with E-state index in [-0.39, 0.29) is 0 Å². The van der Waals surface area contributed by atoms with E-state index >= 15 is 0 Å². The van der Waals surface area contributed by atoms with Gasteiger partial charge in [0.05, 0.1) is 31.1 Å². The predicted molar refractivity (Wildman–Crippen MR) is 127 cm³/mol. The summed E-state index contributed by atoms with van der Waals surface area (Å²) >= 11 is 0. The number of anilines is 1. The molecule has 8 heteroatoms. The number of ether oxygens (including phenoxy) is 1. The largest absolute Gasteiger partial charge is 0.464 e. The first-order valence-electron chi connectivity index (χ1n) is 10.9. The zero-order chi connectivity index (χ0) is 22.0. The van der Waals surface area contributed by atoms with Crippen LogP contribution in [-0.4, -0.2) is 52.1 Å². The van der Waals surface area contributed by atoms with Gasteiger partial charge in [0.2, 0.25) is 0 Å². The van der Waals surface area contributed by atoms with Gasteiger partial charge < -0.3 is 14.1 Å². The number of aliphatic imine (C=N–C) groups is 1. The Morgan fingerprint density at radius 3 is 2.76 bits per heavy atom. The minimum absolute atomic E-state index is 0.461. The summed E-state index contributed by atoms with van der Waals surface area (Å²) in [5, 5.41) is 5.90. The van der Waals surface area contributed by atoms with Crippen LogP contribution in [0.1, 0.15) is 11.3 Å². The van der Waals surface area contributed by atoms with Gasteiger partial charge in [0.25, 0.3) is 0 Å². The third kappa shape index (κ3) is 3.85. The van der Waals surface area contributed by atoms with Gasteiger partial charge in [-0.3, -0.25) is 9.98 Å². The molecular weight excluding hydrogens is 416 g/mol. The third-order valence-corrected chi connectivity index (χ3v) is 5.77. The summed E-state index contributed by atoms with van der Waals surface area (Å²) in [6, 6.07) is 15.9. The average molecular weight is 438 g/mol. The maximum atomic E-state index is 5.61. The second-order valence-electron chi connectivity index (χ2n) is 7.90. The molecule has 6 rings (SSSR count). The zero-order valence-electron chi connectivity index (χ0n) is 18.0. The summed E-state index contributed by atoms with van der Waals surface area (Å²) < 4.78 is 13.1. The minimum atomic E-state index is 0.461. The monoisotopic (exact) mass is 438 g/mol. The lowest BCUT2D eigenvalue weighted by atomic mass is 10.2. The summed E-state index contributed by atoms with van der Waals surface area (Å²) in [7, 11) is 0. The van der Waals surface area contributed by atoms with E-state index in [4.69, 9.17) is 19.2 Å². The topological polar surface area (TPSA) is 81.0 Å². The van der Waals surface area contributed by atoms with Crippen LogP contribution >= 0.6 is 0 Å². The number of benzene rings is 1. The highest BCUT2D eigenvalue weighted by Crippen LogP contribution is 2.24. The normalized spacial score (nSPS) is 14.6. The Morgan fingerprint density at radius 2 is 1.88 bits per heavy atom. The maximum absolute atomic E-state index is 5.61. The third-order valence-electron chi connectivity index (χ3n) is 5.77. The number of pyridine rings is 1. The zero-order valence-corrected chi connectivity index (χ0v) is 18.0. The van der Waals surface area contributed by atoms with Gasteiger partial charge in [-0.25, -0.2) is 4.98 Å². The highest BCUT2D eigenvalue weighted by atomic mass is 16.5. The first kappa shape index (κ1) is 19.6. The van der Waals surface area contributed by atoms with E-state index in [0.29, 0.717) is 19.8 Å². The van der Waals surface area contributed by atoms with E-state index in [0.717, 1.165) is 58.0 Å². The first-order chi connectivity index (χ1) is 16.3. The van der Waals surface area contributed by atoms with Crippen molar-refractivity contribution in [3.63, 3.8) is 0 Å². The standard InChI is InChI=1S/C25H22N6O2/c1-2-4-23-21(3-1)19(17-33-23)15-27-16-20-13-25(30-9-11-32-12-10-30)31-24(28-20)14-22(29-31)18-5-7-26-8-6-18/h1-8,13-15,17H,9-12,16H2. The Kier molecular flexibility index (Phi) is 5.04. The smallest absolute Gasteiger partial charge is 0.158 e. The van der Waals surface area contributed by atoms with Crippen molar-refractivity contribution >= 4 is 28.6 Å². The van der Waals surface area contributed by atoms with Crippen molar-refractivity contribution in [2.24, 2.45) is 4.99 Å². The fourth-order valence-corrected chi connectivity index (χ4v) is 4.11. The first-order valence-corrected chi connectivity index (χ1v) is 10.9. The Balaban J connectivity index is 1.36. The molecule has 0 N–H and O–H groups in total. The molecule has 1 aliphatic rings. The lowest BCUT2D eigenvalue weighted by Gasteiger charge is -2.29. The van der Waals surface area contributed by atoms with Crippen molar-refractivity contribution in [3.05, 3.63) is 78.4 Å². The van der Waals surface area contributed by atoms with E-state index in [1.165, 1.54) is 0 Å². The van der Waals surface area contributed by atoms with Gasteiger partial charge in [0, 0.05) is 60.3 Å². The molecule has 1 aromatic carbocycles. The Bertz CT molecular complexity index is 1430. The highest BCUT2D eigenvalue weighted by molar-refractivity contribution is 5.97. The minimum Gasteiger partial charge on any atom is -0.464 e. The van der Waals surface area contributed by atoms with Crippen LogP contribution in [0.25, 0.3) is 27.9 Å². The van der Waals surface area contributed by atoms with Crippen LogP contribution in [0.15, 0.2) is 76.6 Å². The summed E-state index contributed by atoms with van der Waals surface area (Å²) in [5.41, 5.74) is 5.37. The second kappa shape index (κ2) is 8.48. The van der Waals surface area contributed by atoms with Gasteiger partial charge >= 0.3 is 0 Å². The number of hydrogen-bond acceptors (Lipinski definition) is 7. The summed E-state index contributed by atoms with van der Waals surface area (Å²) in [6.45, 7) is 3.48. The van der Waals surface area contributed by atoms with Crippen LogP contribution in [0.2, 0.25) is 0 Å². The van der Waals surface area contributed by atoms with E-state index in [2.05, 4.69) is 20.9 Å². The van der Waals surface area contributed by atoms with Crippen LogP contribution < -0.4 is 4.90 Å². The van der Waals surface area contributed by atoms with E-state index in [1.54, 1.807) is 18.7 Å². The molecule has 0 amide bonds. The summed E-state index contributed by atoms with van der Waals surface area (Å²) in [6.07, 6.45) is 7.14. The van der Waals surface area contributed by atoms with Crippen molar-refractivity contribution < 1.29 is 9.15 Å². The Labute approximate surface area is 190 Å². The summed E-state index contributed by atoms with van der Waals surface area (Å²) in [5.74, 6) is 1.00. The molecule has 4 aromatic heterocycles. The van der Waals surface area contributed by atoms with Crippen molar-refractivity contribution in [2.75, 3.05) is 31.2 Å². The fraction of sp³-hybridized carbons (Fsp3) is 0.200. The molecule has 1 fully saturated rings. The van der Waals surface area contributed by atoms with Gasteiger partial charge in [-0.1, -0.05) is 18.2 Å². The van der Waals surface area contributed by atoms with E-state index < -0.39 is 0 Å². The molecule has 5 aromatic rings. The molecule has 0 aliphatic carbocycles. The highest BCUT2D eigenvalue weighted by Gasteiger charge is 2.18. The van der Waals surface area contributed by atoms with Crippen LogP contribution in [0, 0.1) is 0 Å². The molecule has 0 spiro atoms. The van der Waals surface area contributed by atoms with Crippen molar-refractivity contribution in [1.29, 1.82) is 0 Å². The van der Waals surface area contributed by atoms with Gasteiger partial charge in [0.1, 0.15) is 17.7 Å². The van der Waals surface area contributed by atoms with Crippen molar-refractivity contribution in [2.45, 2.75) is 6.54 Å². The molecule has 0 radical (unpaired) electrons. The number of rotatable bonds is 5. The SMILES string of the molecule is C(=NCc1cc(N2CCOCC2)n2nc(-c3ccncc3)cc2n1)c1coc2ccccc12. The van der Waals surface area contributed by atoms with E-state index in [1.807, 2.05) is 53.2 Å². The Morgan fingerprint density at radius 1 is 1.03 bits per heavy atom. The van der Waals surface area contributed by atoms with Gasteiger partial charge in [-0.15, -0.1) is 0 Å². The number of para-hydroxylation sites is 1. The van der Waals surface area contributed by atoms with Gasteiger partial charge in [-0.2, -0.15) is 9.61 Å². The fourth-order valence-electron chi connectivity index (χ4n) is 4.11. The van der Waals surface area contributed by atoms with Crippen LogP contribution in [-0.2, 0) is 11.3 Å². The molecule has 0 bridgehead atoms. The quantitative estimate of drug-likeness (QED) is 0.386. The number of morpholine rings is 1. The number of nitrogens with zero attached hydrogens (tertiary/aromatic N) is 6. The van der Waals surface area contributed by atoms with Crippen LogP contribution in [0.4, 0.5) is 5.82 Å². The van der Waals surface area contributed by atoms with Crippen LogP contribution in [0.3, 0.4) is 0 Å². The van der Waals surface area contributed by atoms with E-state index in [9.17, 15) is 0 Å². The average Bonchev–Trinajstić information content (AvgIpc) is 3.49. The lowest BCUT2D eigenvalue weighted by Crippen LogP contribution is -2.37. The molecule has 5 heterocycles. The molecule has 0 atom stereocenters. The molecule has 164 valence electrons. The predicted octanol–water partition coefficient (Wildman–Crippen LogP) is 3.99. The summed E-state index contributed by atoms with van der Waals surface area (Å²) in [4.78, 5) is 15.9. The molecule has 1 aliphatic heterocycles. The van der Waals surface area contributed by atoms with Crippen molar-refractivity contribution in [1.82, 2.24) is 19.6 Å². The molecular formula is C25H22N6O2. The maximum Gasteiger partial charge on any atom is 0.158 e. The number of hydrogen-bond donors (Lipinski definition) is 0. The number of aromatic nitrogens is 4. The molecule has 33 heavy (non-hydrogen) atoms. The second-order valence-corrected chi connectivity index (χ2v) is 7.90. The lowest BCUT2D eigenvalue weighted by molar-refractivity contribution is 0.122. The van der Waals surface area contributed by atoms with Gasteiger partial charge in [-0.05, 0) is 18.2 Å². The Hall–Kier alpha value is -4.04. The van der Waals surface area contributed by atoms with Crippen molar-refractivity contribution in [3.8, 4) is 11.3 Å². The van der Waals surface area contributed by atoms with Gasteiger partial charge in [0.15, 0.2) is 5.65 Å². The molecule has 1 saturated heterocycles.